The molecule has 0 unspecified atom stereocenters. The predicted octanol–water partition coefficient (Wildman–Crippen LogP) is 3.26. The van der Waals surface area contributed by atoms with Crippen LogP contribution in [0.5, 0.6) is 0 Å². The molecule has 8 nitrogen and oxygen atoms in total. The van der Waals surface area contributed by atoms with Crippen molar-refractivity contribution < 1.29 is 23.2 Å². The summed E-state index contributed by atoms with van der Waals surface area (Å²) < 4.78 is 16.1. The van der Waals surface area contributed by atoms with Crippen LogP contribution in [0.25, 0.3) is 11.5 Å². The van der Waals surface area contributed by atoms with Crippen molar-refractivity contribution in [3.05, 3.63) is 53.3 Å². The summed E-state index contributed by atoms with van der Waals surface area (Å²) in [5, 5.41) is 10.4. The summed E-state index contributed by atoms with van der Waals surface area (Å²) in [6.45, 7) is 4.89. The average Bonchev–Trinajstić information content (AvgIpc) is 3.18. The monoisotopic (exact) mass is 355 g/mol. The Hall–Kier alpha value is -3.42. The minimum absolute atomic E-state index is 0.144. The summed E-state index contributed by atoms with van der Waals surface area (Å²) in [5.74, 6) is 1.19. The fraction of sp³-hybridized carbons (Fsp3) is 0.222. The van der Waals surface area contributed by atoms with Crippen LogP contribution in [-0.2, 0) is 16.1 Å². The molecule has 3 aromatic rings. The normalized spacial score (nSPS) is 10.6. The number of carbonyl (C=O) groups is 2. The Morgan fingerprint density at radius 2 is 1.85 bits per heavy atom. The van der Waals surface area contributed by atoms with E-state index in [1.54, 1.807) is 37.3 Å². The maximum absolute atomic E-state index is 12.1. The average molecular weight is 355 g/mol. The van der Waals surface area contributed by atoms with Crippen LogP contribution >= 0.6 is 0 Å². The summed E-state index contributed by atoms with van der Waals surface area (Å²) in [5.41, 5.74) is 1.66. The molecule has 0 bridgehead atoms. The molecule has 1 amide bonds. The molecule has 0 atom stereocenters. The van der Waals surface area contributed by atoms with Crippen molar-refractivity contribution in [1.82, 2.24) is 10.2 Å². The third kappa shape index (κ3) is 3.97. The molecule has 3 rings (SSSR count). The molecule has 134 valence electrons. The first-order valence-electron chi connectivity index (χ1n) is 7.87. The van der Waals surface area contributed by atoms with Gasteiger partial charge >= 0.3 is 5.97 Å². The van der Waals surface area contributed by atoms with Crippen molar-refractivity contribution in [2.75, 3.05) is 5.32 Å². The summed E-state index contributed by atoms with van der Waals surface area (Å²) in [6, 6.07) is 8.16. The fourth-order valence-corrected chi connectivity index (χ4v) is 2.37. The smallest absolute Gasteiger partial charge is 0.338 e. The zero-order valence-corrected chi connectivity index (χ0v) is 14.5. The Bertz CT molecular complexity index is 940. The van der Waals surface area contributed by atoms with Gasteiger partial charge in [0, 0.05) is 12.6 Å². The Morgan fingerprint density at radius 1 is 1.12 bits per heavy atom. The molecule has 0 spiro atoms. The number of aryl methyl sites for hydroxylation is 2. The third-order valence-electron chi connectivity index (χ3n) is 3.51. The third-order valence-corrected chi connectivity index (χ3v) is 3.51. The zero-order valence-electron chi connectivity index (χ0n) is 14.5. The number of aromatic nitrogens is 2. The highest BCUT2D eigenvalue weighted by Gasteiger charge is 2.16. The molecule has 2 heterocycles. The maximum Gasteiger partial charge on any atom is 0.338 e. The van der Waals surface area contributed by atoms with E-state index in [9.17, 15) is 9.59 Å². The predicted molar refractivity (Wildman–Crippen MR) is 91.3 cm³/mol. The Balaban J connectivity index is 1.61. The van der Waals surface area contributed by atoms with E-state index in [-0.39, 0.29) is 18.4 Å². The molecular formula is C18H17N3O5. The first-order valence-corrected chi connectivity index (χ1v) is 7.87. The van der Waals surface area contributed by atoms with Gasteiger partial charge in [0.1, 0.15) is 11.5 Å². The van der Waals surface area contributed by atoms with E-state index in [4.69, 9.17) is 13.6 Å². The van der Waals surface area contributed by atoms with Gasteiger partial charge in [-0.3, -0.25) is 4.79 Å². The first kappa shape index (κ1) is 17.4. The second-order valence-electron chi connectivity index (χ2n) is 5.66. The highest BCUT2D eigenvalue weighted by molar-refractivity contribution is 5.92. The quantitative estimate of drug-likeness (QED) is 0.700. The van der Waals surface area contributed by atoms with Crippen LogP contribution in [0.15, 0.2) is 39.2 Å². The van der Waals surface area contributed by atoms with Crippen LogP contribution < -0.4 is 5.32 Å². The fourth-order valence-electron chi connectivity index (χ4n) is 2.37. The van der Waals surface area contributed by atoms with E-state index in [0.717, 1.165) is 5.76 Å². The number of hydrogen-bond donors (Lipinski definition) is 1. The number of esters is 1. The molecule has 0 saturated carbocycles. The summed E-state index contributed by atoms with van der Waals surface area (Å²) in [4.78, 5) is 23.1. The lowest BCUT2D eigenvalue weighted by Crippen LogP contribution is -2.08. The van der Waals surface area contributed by atoms with Crippen molar-refractivity contribution in [3.8, 4) is 11.5 Å². The number of carbonyl (C=O) groups excluding carboxylic acids is 2. The van der Waals surface area contributed by atoms with Crippen LogP contribution in [0.1, 0.15) is 34.7 Å². The van der Waals surface area contributed by atoms with Gasteiger partial charge < -0.3 is 18.9 Å². The number of nitrogens with zero attached hydrogens (tertiary/aromatic N) is 2. The molecule has 0 aliphatic rings. The van der Waals surface area contributed by atoms with Gasteiger partial charge in [0.05, 0.1) is 11.1 Å². The number of rotatable bonds is 5. The number of hydrogen-bond acceptors (Lipinski definition) is 7. The summed E-state index contributed by atoms with van der Waals surface area (Å²) in [6.07, 6.45) is 0. The van der Waals surface area contributed by atoms with E-state index in [0.29, 0.717) is 28.5 Å². The molecule has 0 aliphatic carbocycles. The van der Waals surface area contributed by atoms with Crippen molar-refractivity contribution in [2.45, 2.75) is 27.4 Å². The second kappa shape index (κ2) is 7.22. The lowest BCUT2D eigenvalue weighted by Gasteiger charge is -2.04. The Kier molecular flexibility index (Phi) is 4.83. The summed E-state index contributed by atoms with van der Waals surface area (Å²) >= 11 is 0. The van der Waals surface area contributed by atoms with Crippen molar-refractivity contribution >= 4 is 17.6 Å². The molecule has 8 heteroatoms. The lowest BCUT2D eigenvalue weighted by molar-refractivity contribution is -0.114. The highest BCUT2D eigenvalue weighted by atomic mass is 16.5. The number of benzene rings is 1. The molecule has 1 aromatic carbocycles. The van der Waals surface area contributed by atoms with Crippen LogP contribution in [0.3, 0.4) is 0 Å². The lowest BCUT2D eigenvalue weighted by atomic mass is 10.2. The number of anilines is 1. The van der Waals surface area contributed by atoms with Gasteiger partial charge in [-0.1, -0.05) is 0 Å². The number of furan rings is 1. The van der Waals surface area contributed by atoms with Crippen molar-refractivity contribution in [1.29, 1.82) is 0 Å². The molecule has 0 aliphatic heterocycles. The van der Waals surface area contributed by atoms with Crippen LogP contribution in [-0.4, -0.2) is 22.1 Å². The van der Waals surface area contributed by atoms with Crippen LogP contribution in [0, 0.1) is 13.8 Å². The zero-order chi connectivity index (χ0) is 18.7. The minimum atomic E-state index is -0.533. The van der Waals surface area contributed by atoms with E-state index >= 15 is 0 Å². The second-order valence-corrected chi connectivity index (χ2v) is 5.66. The molecule has 2 aromatic heterocycles. The van der Waals surface area contributed by atoms with Crippen LogP contribution in [0.4, 0.5) is 5.69 Å². The molecule has 0 radical (unpaired) electrons. The van der Waals surface area contributed by atoms with E-state index in [2.05, 4.69) is 15.5 Å². The van der Waals surface area contributed by atoms with Gasteiger partial charge in [0.15, 0.2) is 6.61 Å². The van der Waals surface area contributed by atoms with E-state index < -0.39 is 5.97 Å². The minimum Gasteiger partial charge on any atom is -0.466 e. The molecule has 0 saturated heterocycles. The summed E-state index contributed by atoms with van der Waals surface area (Å²) in [7, 11) is 0. The van der Waals surface area contributed by atoms with Crippen molar-refractivity contribution in [3.63, 3.8) is 0 Å². The number of ether oxygens (including phenoxy) is 1. The van der Waals surface area contributed by atoms with Gasteiger partial charge in [-0.15, -0.1) is 10.2 Å². The number of amides is 1. The molecule has 1 N–H and O–H groups in total. The van der Waals surface area contributed by atoms with E-state index in [1.807, 2.05) is 6.92 Å². The molecule has 0 fully saturated rings. The molecular weight excluding hydrogens is 338 g/mol. The maximum atomic E-state index is 12.1. The largest absolute Gasteiger partial charge is 0.466 e. The van der Waals surface area contributed by atoms with E-state index in [1.165, 1.54) is 6.92 Å². The van der Waals surface area contributed by atoms with Gasteiger partial charge in [0.2, 0.25) is 5.91 Å². The highest BCUT2D eigenvalue weighted by Crippen LogP contribution is 2.25. The Labute approximate surface area is 149 Å². The molecule has 26 heavy (non-hydrogen) atoms. The van der Waals surface area contributed by atoms with Gasteiger partial charge in [0.25, 0.3) is 11.8 Å². The first-order chi connectivity index (χ1) is 12.4. The van der Waals surface area contributed by atoms with Crippen molar-refractivity contribution in [2.24, 2.45) is 0 Å². The van der Waals surface area contributed by atoms with Gasteiger partial charge in [-0.2, -0.15) is 0 Å². The van der Waals surface area contributed by atoms with Crippen LogP contribution in [0.2, 0.25) is 0 Å². The number of nitrogens with one attached hydrogen (secondary N) is 1. The standard InChI is InChI=1S/C18H17N3O5/c1-10-8-15(11(2)25-10)17-21-20-16(26-17)9-24-18(23)13-4-6-14(7-5-13)19-12(3)22/h4-8H,9H2,1-3H3,(H,19,22). The SMILES string of the molecule is CC(=O)Nc1ccc(C(=O)OCc2nnc(-c3cc(C)oc3C)o2)cc1. The Morgan fingerprint density at radius 3 is 2.46 bits per heavy atom. The topological polar surface area (TPSA) is 107 Å². The van der Waals surface area contributed by atoms with Gasteiger partial charge in [-0.25, -0.2) is 4.79 Å². The van der Waals surface area contributed by atoms with Gasteiger partial charge in [-0.05, 0) is 44.2 Å².